The van der Waals surface area contributed by atoms with Gasteiger partial charge in [-0.25, -0.2) is 0 Å². The van der Waals surface area contributed by atoms with E-state index in [-0.39, 0.29) is 5.91 Å². The molecule has 0 radical (unpaired) electrons. The number of nitriles is 1. The van der Waals surface area contributed by atoms with E-state index in [0.29, 0.717) is 23.5 Å². The van der Waals surface area contributed by atoms with Gasteiger partial charge in [0.25, 0.3) is 5.91 Å². The quantitative estimate of drug-likeness (QED) is 0.328. The lowest BCUT2D eigenvalue weighted by Gasteiger charge is -2.11. The number of nitrogens with zero attached hydrogens (tertiary/aromatic N) is 3. The molecule has 5 nitrogen and oxygen atoms in total. The predicted molar refractivity (Wildman–Crippen MR) is 130 cm³/mol. The molecule has 6 heteroatoms. The molecule has 1 heterocycles. The highest BCUT2D eigenvalue weighted by molar-refractivity contribution is 14.1. The number of para-hydroxylation sites is 1. The van der Waals surface area contributed by atoms with Crippen molar-refractivity contribution >= 4 is 46.0 Å². The normalized spacial score (nSPS) is 14.5. The summed E-state index contributed by atoms with van der Waals surface area (Å²) in [6.45, 7) is 2.15. The van der Waals surface area contributed by atoms with Crippen molar-refractivity contribution in [2.24, 2.45) is 5.10 Å². The van der Waals surface area contributed by atoms with Gasteiger partial charge in [-0.3, -0.25) is 4.79 Å². The molecule has 4 rings (SSSR count). The average Bonchev–Trinajstić information content (AvgIpc) is 3.07. The molecular formula is C25H18IN3O2. The Hall–Kier alpha value is -3.44. The van der Waals surface area contributed by atoms with Crippen LogP contribution in [-0.4, -0.2) is 11.6 Å². The lowest BCUT2D eigenvalue weighted by Crippen LogP contribution is -2.21. The predicted octanol–water partition coefficient (Wildman–Crippen LogP) is 5.55. The minimum Gasteiger partial charge on any atom is -0.488 e. The molecule has 1 aliphatic rings. The molecule has 0 aliphatic carbocycles. The van der Waals surface area contributed by atoms with Gasteiger partial charge in [0.15, 0.2) is 0 Å². The maximum atomic E-state index is 12.9. The van der Waals surface area contributed by atoms with Crippen molar-refractivity contribution in [1.29, 1.82) is 5.26 Å². The molecule has 0 bridgehead atoms. The Kier molecular flexibility index (Phi) is 6.14. The van der Waals surface area contributed by atoms with Crippen LogP contribution < -0.4 is 9.75 Å². The third-order valence-electron chi connectivity index (χ3n) is 4.85. The van der Waals surface area contributed by atoms with E-state index in [1.807, 2.05) is 79.7 Å². The molecule has 1 amide bonds. The zero-order valence-electron chi connectivity index (χ0n) is 16.7. The summed E-state index contributed by atoms with van der Waals surface area (Å²) in [5.74, 6) is 0.580. The number of carbonyl (C=O) groups excluding carboxylic acids is 1. The van der Waals surface area contributed by atoms with Crippen LogP contribution in [0.25, 0.3) is 6.08 Å². The number of hydrogen-bond donors (Lipinski definition) is 0. The Morgan fingerprint density at radius 3 is 2.58 bits per heavy atom. The fourth-order valence-electron chi connectivity index (χ4n) is 3.23. The van der Waals surface area contributed by atoms with Crippen LogP contribution in [0.5, 0.6) is 5.75 Å². The maximum Gasteiger partial charge on any atom is 0.280 e. The highest BCUT2D eigenvalue weighted by Crippen LogP contribution is 2.28. The average molecular weight is 519 g/mol. The summed E-state index contributed by atoms with van der Waals surface area (Å²) in [6, 6.07) is 24.7. The van der Waals surface area contributed by atoms with E-state index in [9.17, 15) is 10.1 Å². The first-order valence-electron chi connectivity index (χ1n) is 9.64. The third kappa shape index (κ3) is 4.52. The minimum absolute atomic E-state index is 0.146. The number of hydrazone groups is 1. The van der Waals surface area contributed by atoms with Gasteiger partial charge in [0.1, 0.15) is 12.4 Å². The Balaban J connectivity index is 1.52. The molecule has 0 spiro atoms. The minimum atomic E-state index is -0.146. The first-order valence-corrected chi connectivity index (χ1v) is 10.7. The summed E-state index contributed by atoms with van der Waals surface area (Å²) in [7, 11) is 0. The van der Waals surface area contributed by atoms with Crippen LogP contribution in [0.1, 0.15) is 23.6 Å². The molecule has 0 N–H and O–H groups in total. The van der Waals surface area contributed by atoms with E-state index in [1.54, 1.807) is 6.07 Å². The summed E-state index contributed by atoms with van der Waals surface area (Å²) in [4.78, 5) is 12.9. The number of amides is 1. The van der Waals surface area contributed by atoms with Crippen molar-refractivity contribution in [3.05, 3.63) is 98.6 Å². The van der Waals surface area contributed by atoms with Gasteiger partial charge in [0.05, 0.1) is 32.2 Å². The van der Waals surface area contributed by atoms with Gasteiger partial charge in [-0.15, -0.1) is 0 Å². The fraction of sp³-hybridized carbons (Fsp3) is 0.0800. The second kappa shape index (κ2) is 9.14. The zero-order chi connectivity index (χ0) is 21.8. The van der Waals surface area contributed by atoms with Crippen molar-refractivity contribution in [2.75, 3.05) is 5.01 Å². The van der Waals surface area contributed by atoms with Crippen LogP contribution in [0.3, 0.4) is 0 Å². The van der Waals surface area contributed by atoms with Gasteiger partial charge < -0.3 is 4.74 Å². The highest BCUT2D eigenvalue weighted by atomic mass is 127. The Labute approximate surface area is 194 Å². The van der Waals surface area contributed by atoms with Crippen molar-refractivity contribution in [3.63, 3.8) is 0 Å². The SMILES string of the molecule is CC1=NN(c2ccccc2)C(=O)/C1=C/c1ccc(OCc2ccccc2C#N)c(I)c1. The van der Waals surface area contributed by atoms with Crippen LogP contribution in [0, 0.1) is 14.9 Å². The first-order chi connectivity index (χ1) is 15.1. The van der Waals surface area contributed by atoms with Gasteiger partial charge in [0.2, 0.25) is 0 Å². The van der Waals surface area contributed by atoms with Gasteiger partial charge >= 0.3 is 0 Å². The number of hydrogen-bond acceptors (Lipinski definition) is 4. The molecule has 1 aliphatic heterocycles. The summed E-state index contributed by atoms with van der Waals surface area (Å²) in [6.07, 6.45) is 1.85. The molecule has 0 saturated heterocycles. The van der Waals surface area contributed by atoms with Crippen LogP contribution in [0.2, 0.25) is 0 Å². The number of halogens is 1. The van der Waals surface area contributed by atoms with Gasteiger partial charge in [0, 0.05) is 5.56 Å². The number of anilines is 1. The second-order valence-corrected chi connectivity index (χ2v) is 8.11. The number of rotatable bonds is 5. The largest absolute Gasteiger partial charge is 0.488 e. The highest BCUT2D eigenvalue weighted by Gasteiger charge is 2.28. The summed E-state index contributed by atoms with van der Waals surface area (Å²) in [5, 5.41) is 15.1. The molecule has 0 unspecified atom stereocenters. The lowest BCUT2D eigenvalue weighted by atomic mass is 10.1. The van der Waals surface area contributed by atoms with Crippen LogP contribution in [-0.2, 0) is 11.4 Å². The van der Waals surface area contributed by atoms with E-state index in [1.165, 1.54) is 5.01 Å². The van der Waals surface area contributed by atoms with Gasteiger partial charge in [-0.2, -0.15) is 15.4 Å². The number of carbonyl (C=O) groups is 1. The first kappa shape index (κ1) is 20.8. The zero-order valence-corrected chi connectivity index (χ0v) is 18.9. The molecule has 0 atom stereocenters. The fourth-order valence-corrected chi connectivity index (χ4v) is 3.92. The van der Waals surface area contributed by atoms with Crippen molar-refractivity contribution < 1.29 is 9.53 Å². The summed E-state index contributed by atoms with van der Waals surface area (Å²) in [5.41, 5.74) is 4.33. The van der Waals surface area contributed by atoms with Crippen molar-refractivity contribution in [2.45, 2.75) is 13.5 Å². The molecule has 152 valence electrons. The number of benzene rings is 3. The molecule has 0 saturated carbocycles. The molecule has 0 aromatic heterocycles. The summed E-state index contributed by atoms with van der Waals surface area (Å²) < 4.78 is 6.85. The maximum absolute atomic E-state index is 12.9. The molecule has 3 aromatic carbocycles. The Bertz CT molecular complexity index is 1240. The molecule has 0 fully saturated rings. The third-order valence-corrected chi connectivity index (χ3v) is 5.69. The topological polar surface area (TPSA) is 65.7 Å². The van der Waals surface area contributed by atoms with E-state index < -0.39 is 0 Å². The van der Waals surface area contributed by atoms with E-state index >= 15 is 0 Å². The smallest absolute Gasteiger partial charge is 0.280 e. The Morgan fingerprint density at radius 2 is 1.84 bits per heavy atom. The van der Waals surface area contributed by atoms with E-state index in [0.717, 1.165) is 26.1 Å². The Morgan fingerprint density at radius 1 is 1.10 bits per heavy atom. The van der Waals surface area contributed by atoms with Crippen molar-refractivity contribution in [1.82, 2.24) is 0 Å². The van der Waals surface area contributed by atoms with Crippen molar-refractivity contribution in [3.8, 4) is 11.8 Å². The molecule has 3 aromatic rings. The molecule has 31 heavy (non-hydrogen) atoms. The van der Waals surface area contributed by atoms with Gasteiger partial charge in [-0.05, 0) is 71.5 Å². The van der Waals surface area contributed by atoms with Crippen LogP contribution in [0.15, 0.2) is 83.5 Å². The standard InChI is InChI=1S/C25H18IN3O2/c1-17-22(25(30)29(28-17)21-9-3-2-4-10-21)13-18-11-12-24(23(26)14-18)31-16-20-8-6-5-7-19(20)15-27/h2-14H,16H2,1H3/b22-13+. The van der Waals surface area contributed by atoms with Crippen LogP contribution >= 0.6 is 22.6 Å². The van der Waals surface area contributed by atoms with Crippen LogP contribution in [0.4, 0.5) is 5.69 Å². The van der Waals surface area contributed by atoms with E-state index in [2.05, 4.69) is 33.8 Å². The lowest BCUT2D eigenvalue weighted by molar-refractivity contribution is -0.114. The monoisotopic (exact) mass is 519 g/mol. The van der Waals surface area contributed by atoms with Gasteiger partial charge in [-0.1, -0.05) is 42.5 Å². The second-order valence-electron chi connectivity index (χ2n) is 6.94. The number of ether oxygens (including phenoxy) is 1. The summed E-state index contributed by atoms with van der Waals surface area (Å²) >= 11 is 2.21. The molecular weight excluding hydrogens is 501 g/mol. The van der Waals surface area contributed by atoms with E-state index in [4.69, 9.17) is 4.74 Å².